The summed E-state index contributed by atoms with van der Waals surface area (Å²) >= 11 is 0. The summed E-state index contributed by atoms with van der Waals surface area (Å²) in [5.74, 6) is -1.73. The van der Waals surface area contributed by atoms with Crippen molar-refractivity contribution in [3.63, 3.8) is 0 Å². The lowest BCUT2D eigenvalue weighted by Gasteiger charge is -2.03. The maximum Gasteiger partial charge on any atom is 0.161 e. The molecule has 0 aliphatic rings. The number of benzene rings is 1. The Morgan fingerprint density at radius 3 is 2.73 bits per heavy atom. The van der Waals surface area contributed by atoms with Gasteiger partial charge in [0, 0.05) is 18.7 Å². The first kappa shape index (κ1) is 9.83. The van der Waals surface area contributed by atoms with Crippen LogP contribution in [-0.4, -0.2) is 9.55 Å². The van der Waals surface area contributed by atoms with Crippen molar-refractivity contribution in [2.24, 2.45) is 0 Å². The number of hydrogen-bond acceptors (Lipinski definition) is 1. The predicted octanol–water partition coefficient (Wildman–Crippen LogP) is 2.89. The fraction of sp³-hybridized carbons (Fsp3) is 0.182. The van der Waals surface area contributed by atoms with E-state index in [0.29, 0.717) is 17.6 Å². The maximum atomic E-state index is 13.0. The highest BCUT2D eigenvalue weighted by molar-refractivity contribution is 5.75. The Bertz CT molecular complexity index is 529. The van der Waals surface area contributed by atoms with Gasteiger partial charge >= 0.3 is 0 Å². The molecule has 0 amide bonds. The molecule has 0 aliphatic carbocycles. The molecule has 4 heteroatoms. The van der Waals surface area contributed by atoms with Crippen molar-refractivity contribution in [2.75, 3.05) is 0 Å². The molecule has 1 heterocycles. The highest BCUT2D eigenvalue weighted by atomic mass is 19.2. The number of nitrogens with zero attached hydrogens (tertiary/aromatic N) is 2. The van der Waals surface area contributed by atoms with Crippen LogP contribution in [0.3, 0.4) is 0 Å². The second kappa shape index (κ2) is 3.46. The Kier molecular flexibility index (Phi) is 2.26. The van der Waals surface area contributed by atoms with E-state index in [0.717, 1.165) is 17.7 Å². The Balaban J connectivity index is 2.59. The molecular formula is C11H10F2N2. The summed E-state index contributed by atoms with van der Waals surface area (Å²) in [6.45, 7) is 6.18. The molecule has 0 aliphatic heterocycles. The van der Waals surface area contributed by atoms with Gasteiger partial charge in [-0.2, -0.15) is 0 Å². The van der Waals surface area contributed by atoms with Crippen LogP contribution in [0.25, 0.3) is 11.0 Å². The highest BCUT2D eigenvalue weighted by Gasteiger charge is 2.08. The van der Waals surface area contributed by atoms with Crippen molar-refractivity contribution in [1.29, 1.82) is 0 Å². The molecule has 15 heavy (non-hydrogen) atoms. The molecule has 0 fully saturated rings. The zero-order valence-electron chi connectivity index (χ0n) is 8.30. The molecule has 0 radical (unpaired) electrons. The van der Waals surface area contributed by atoms with Gasteiger partial charge in [-0.3, -0.25) is 0 Å². The quantitative estimate of drug-likeness (QED) is 0.694. The van der Waals surface area contributed by atoms with Gasteiger partial charge in [-0.15, -0.1) is 0 Å². The van der Waals surface area contributed by atoms with Gasteiger partial charge in [0.15, 0.2) is 11.6 Å². The van der Waals surface area contributed by atoms with E-state index in [1.165, 1.54) is 0 Å². The van der Waals surface area contributed by atoms with Crippen LogP contribution in [0.5, 0.6) is 0 Å². The van der Waals surface area contributed by atoms with Crippen molar-refractivity contribution in [3.8, 4) is 0 Å². The van der Waals surface area contributed by atoms with Gasteiger partial charge in [0.25, 0.3) is 0 Å². The van der Waals surface area contributed by atoms with E-state index in [-0.39, 0.29) is 0 Å². The van der Waals surface area contributed by atoms with Crippen LogP contribution in [0.15, 0.2) is 30.6 Å². The molecule has 1 aromatic carbocycles. The molecule has 0 N–H and O–H groups in total. The van der Waals surface area contributed by atoms with Crippen LogP contribution < -0.4 is 0 Å². The summed E-state index contributed by atoms with van der Waals surface area (Å²) in [7, 11) is 0. The fourth-order valence-electron chi connectivity index (χ4n) is 1.47. The van der Waals surface area contributed by atoms with Crippen LogP contribution in [-0.2, 0) is 6.54 Å². The van der Waals surface area contributed by atoms with Gasteiger partial charge in [-0.25, -0.2) is 13.8 Å². The van der Waals surface area contributed by atoms with Gasteiger partial charge in [0.2, 0.25) is 0 Å². The minimum atomic E-state index is -0.872. The molecule has 0 bridgehead atoms. The summed E-state index contributed by atoms with van der Waals surface area (Å²) < 4.78 is 27.6. The van der Waals surface area contributed by atoms with Crippen LogP contribution in [0.2, 0.25) is 0 Å². The van der Waals surface area contributed by atoms with Gasteiger partial charge in [-0.1, -0.05) is 12.2 Å². The first-order valence-electron chi connectivity index (χ1n) is 4.52. The molecule has 2 aromatic rings. The van der Waals surface area contributed by atoms with Crippen molar-refractivity contribution >= 4 is 11.0 Å². The minimum Gasteiger partial charge on any atom is -0.326 e. The minimum absolute atomic E-state index is 0.454. The molecule has 0 saturated carbocycles. The Morgan fingerprint density at radius 2 is 2.07 bits per heavy atom. The van der Waals surface area contributed by atoms with Crippen LogP contribution >= 0.6 is 0 Å². The Labute approximate surface area is 85.9 Å². The standard InChI is InChI=1S/C11H10F2N2/c1-7(2)5-15-6-14-10-3-8(12)9(13)4-11(10)15/h3-4,6H,1,5H2,2H3. The molecule has 1 aromatic heterocycles. The van der Waals surface area contributed by atoms with Gasteiger partial charge < -0.3 is 4.57 Å². The van der Waals surface area contributed by atoms with E-state index >= 15 is 0 Å². The van der Waals surface area contributed by atoms with E-state index in [9.17, 15) is 8.78 Å². The monoisotopic (exact) mass is 208 g/mol. The maximum absolute atomic E-state index is 13.0. The fourth-order valence-corrected chi connectivity index (χ4v) is 1.47. The average molecular weight is 208 g/mol. The van der Waals surface area contributed by atoms with Crippen LogP contribution in [0.4, 0.5) is 8.78 Å². The van der Waals surface area contributed by atoms with Crippen LogP contribution in [0.1, 0.15) is 6.92 Å². The summed E-state index contributed by atoms with van der Waals surface area (Å²) in [6.07, 6.45) is 1.55. The topological polar surface area (TPSA) is 17.8 Å². The second-order valence-electron chi connectivity index (χ2n) is 3.58. The zero-order valence-corrected chi connectivity index (χ0v) is 8.30. The molecular weight excluding hydrogens is 198 g/mol. The number of fused-ring (bicyclic) bond motifs is 1. The molecule has 0 saturated heterocycles. The highest BCUT2D eigenvalue weighted by Crippen LogP contribution is 2.17. The number of halogens is 2. The Morgan fingerprint density at radius 1 is 1.40 bits per heavy atom. The lowest BCUT2D eigenvalue weighted by molar-refractivity contribution is 0.510. The van der Waals surface area contributed by atoms with Gasteiger partial charge in [-0.05, 0) is 6.92 Å². The summed E-state index contributed by atoms with van der Waals surface area (Å²) in [6, 6.07) is 2.25. The number of aromatic nitrogens is 2. The normalized spacial score (nSPS) is 10.9. The first-order valence-corrected chi connectivity index (χ1v) is 4.52. The molecule has 0 atom stereocenters. The van der Waals surface area contributed by atoms with E-state index < -0.39 is 11.6 Å². The smallest absolute Gasteiger partial charge is 0.161 e. The van der Waals surface area contributed by atoms with Crippen molar-refractivity contribution in [1.82, 2.24) is 9.55 Å². The van der Waals surface area contributed by atoms with Gasteiger partial charge in [0.1, 0.15) is 0 Å². The van der Waals surface area contributed by atoms with E-state index in [2.05, 4.69) is 11.6 Å². The van der Waals surface area contributed by atoms with Crippen molar-refractivity contribution < 1.29 is 8.78 Å². The Hall–Kier alpha value is -1.71. The van der Waals surface area contributed by atoms with E-state index in [4.69, 9.17) is 0 Å². The molecule has 0 spiro atoms. The van der Waals surface area contributed by atoms with Crippen molar-refractivity contribution in [3.05, 3.63) is 42.2 Å². The third-order valence-corrected chi connectivity index (χ3v) is 2.10. The van der Waals surface area contributed by atoms with E-state index in [1.807, 2.05) is 6.92 Å². The third-order valence-electron chi connectivity index (χ3n) is 2.10. The number of allylic oxidation sites excluding steroid dienone is 1. The van der Waals surface area contributed by atoms with Gasteiger partial charge in [0.05, 0.1) is 17.4 Å². The zero-order chi connectivity index (χ0) is 11.0. The predicted molar refractivity (Wildman–Crippen MR) is 54.5 cm³/mol. The number of imidazole rings is 1. The molecule has 78 valence electrons. The average Bonchev–Trinajstić information content (AvgIpc) is 2.49. The largest absolute Gasteiger partial charge is 0.326 e. The molecule has 2 nitrogen and oxygen atoms in total. The summed E-state index contributed by atoms with van der Waals surface area (Å²) in [5, 5.41) is 0. The third kappa shape index (κ3) is 1.75. The molecule has 0 unspecified atom stereocenters. The number of rotatable bonds is 2. The van der Waals surface area contributed by atoms with Crippen molar-refractivity contribution in [2.45, 2.75) is 13.5 Å². The second-order valence-corrected chi connectivity index (χ2v) is 3.58. The SMILES string of the molecule is C=C(C)Cn1cnc2cc(F)c(F)cc21. The first-order chi connectivity index (χ1) is 7.08. The lowest BCUT2D eigenvalue weighted by atomic mass is 10.3. The summed E-state index contributed by atoms with van der Waals surface area (Å²) in [5.41, 5.74) is 1.96. The van der Waals surface area contributed by atoms with E-state index in [1.54, 1.807) is 10.9 Å². The van der Waals surface area contributed by atoms with Crippen LogP contribution in [0, 0.1) is 11.6 Å². The summed E-state index contributed by atoms with van der Waals surface area (Å²) in [4.78, 5) is 3.99. The number of hydrogen-bond donors (Lipinski definition) is 0. The lowest BCUT2D eigenvalue weighted by Crippen LogP contribution is -1.97. The molecule has 2 rings (SSSR count).